The summed E-state index contributed by atoms with van der Waals surface area (Å²) in [7, 11) is 0. The maximum atomic E-state index is 11.8. The van der Waals surface area contributed by atoms with Gasteiger partial charge in [-0.05, 0) is 25.3 Å². The highest BCUT2D eigenvalue weighted by Crippen LogP contribution is 2.25. The lowest BCUT2D eigenvalue weighted by Gasteiger charge is -2.05. The van der Waals surface area contributed by atoms with Crippen molar-refractivity contribution in [2.24, 2.45) is 0 Å². The van der Waals surface area contributed by atoms with E-state index in [4.69, 9.17) is 16.7 Å². The molecular formula is C11H14ClN3O4. The van der Waals surface area contributed by atoms with Gasteiger partial charge in [-0.15, -0.1) is 0 Å². The van der Waals surface area contributed by atoms with E-state index in [-0.39, 0.29) is 17.3 Å². The Kier molecular flexibility index (Phi) is 6.17. The Labute approximate surface area is 114 Å². The fraction of sp³-hybridized carbons (Fsp3) is 0.455. The second kappa shape index (κ2) is 7.65. The van der Waals surface area contributed by atoms with E-state index < -0.39 is 16.5 Å². The number of unbranched alkanes of at least 4 members (excludes halogenated alkanes) is 2. The highest BCUT2D eigenvalue weighted by atomic mass is 35.5. The number of nitrogens with zero attached hydrogens (tertiary/aromatic N) is 2. The number of aliphatic hydroxyl groups excluding tert-OH is 1. The second-order valence-electron chi connectivity index (χ2n) is 3.80. The first-order valence-corrected chi connectivity index (χ1v) is 6.13. The van der Waals surface area contributed by atoms with Crippen LogP contribution in [0.25, 0.3) is 0 Å². The number of carbonyl (C=O) groups excluding carboxylic acids is 1. The van der Waals surface area contributed by atoms with E-state index in [1.807, 2.05) is 0 Å². The van der Waals surface area contributed by atoms with E-state index >= 15 is 0 Å². The van der Waals surface area contributed by atoms with Crippen LogP contribution < -0.4 is 5.32 Å². The van der Waals surface area contributed by atoms with Gasteiger partial charge >= 0.3 is 5.69 Å². The summed E-state index contributed by atoms with van der Waals surface area (Å²) >= 11 is 5.61. The van der Waals surface area contributed by atoms with Crippen molar-refractivity contribution in [3.63, 3.8) is 0 Å². The minimum atomic E-state index is -0.726. The van der Waals surface area contributed by atoms with E-state index in [0.717, 1.165) is 6.42 Å². The quantitative estimate of drug-likeness (QED) is 0.342. The number of pyridine rings is 1. The normalized spacial score (nSPS) is 10.2. The van der Waals surface area contributed by atoms with Gasteiger partial charge in [0.25, 0.3) is 5.91 Å². The Hall–Kier alpha value is -1.73. The molecule has 0 unspecified atom stereocenters. The number of aliphatic hydroxyl groups is 1. The molecule has 0 fully saturated rings. The summed E-state index contributed by atoms with van der Waals surface area (Å²) in [5.74, 6) is -0.556. The van der Waals surface area contributed by atoms with Crippen LogP contribution in [0.1, 0.15) is 29.6 Å². The lowest BCUT2D eigenvalue weighted by atomic mass is 10.2. The molecule has 0 saturated heterocycles. The number of rotatable bonds is 7. The number of halogens is 1. The van der Waals surface area contributed by atoms with Crippen LogP contribution >= 0.6 is 11.6 Å². The lowest BCUT2D eigenvalue weighted by Crippen LogP contribution is -2.25. The molecule has 19 heavy (non-hydrogen) atoms. The summed E-state index contributed by atoms with van der Waals surface area (Å²) in [5.41, 5.74) is -0.593. The van der Waals surface area contributed by atoms with Crippen molar-refractivity contribution < 1.29 is 14.8 Å². The molecule has 0 aliphatic heterocycles. The van der Waals surface area contributed by atoms with Gasteiger partial charge in [0.15, 0.2) is 0 Å². The van der Waals surface area contributed by atoms with E-state index in [1.165, 1.54) is 12.3 Å². The van der Waals surface area contributed by atoms with Gasteiger partial charge in [-0.2, -0.15) is 0 Å². The zero-order chi connectivity index (χ0) is 14.3. The second-order valence-corrected chi connectivity index (χ2v) is 4.15. The molecule has 0 radical (unpaired) electrons. The standard InChI is InChI=1S/C11H14ClN3O4/c12-10-9(15(18)19)8(4-6-13-10)11(17)14-5-2-1-3-7-16/h4,6,16H,1-3,5,7H2,(H,14,17). The zero-order valence-corrected chi connectivity index (χ0v) is 10.9. The van der Waals surface area contributed by atoms with Crippen molar-refractivity contribution in [1.29, 1.82) is 0 Å². The van der Waals surface area contributed by atoms with Gasteiger partial charge in [0.2, 0.25) is 5.15 Å². The fourth-order valence-electron chi connectivity index (χ4n) is 1.50. The summed E-state index contributed by atoms with van der Waals surface area (Å²) in [5, 5.41) is 21.7. The Morgan fingerprint density at radius 1 is 1.47 bits per heavy atom. The van der Waals surface area contributed by atoms with Gasteiger partial charge in [-0.3, -0.25) is 14.9 Å². The van der Waals surface area contributed by atoms with E-state index in [0.29, 0.717) is 19.4 Å². The van der Waals surface area contributed by atoms with Gasteiger partial charge in [-0.25, -0.2) is 4.98 Å². The Morgan fingerprint density at radius 2 is 2.21 bits per heavy atom. The summed E-state index contributed by atoms with van der Waals surface area (Å²) in [6.45, 7) is 0.495. The molecule has 8 heteroatoms. The predicted molar refractivity (Wildman–Crippen MR) is 69.2 cm³/mol. The fourth-order valence-corrected chi connectivity index (χ4v) is 1.72. The van der Waals surface area contributed by atoms with Crippen molar-refractivity contribution in [1.82, 2.24) is 10.3 Å². The van der Waals surface area contributed by atoms with Crippen molar-refractivity contribution in [2.75, 3.05) is 13.2 Å². The molecule has 0 aliphatic carbocycles. The number of aromatic nitrogens is 1. The third kappa shape index (κ3) is 4.46. The number of hydrogen-bond donors (Lipinski definition) is 2. The predicted octanol–water partition coefficient (Wildman–Crippen LogP) is 1.54. The molecule has 2 N–H and O–H groups in total. The highest BCUT2D eigenvalue weighted by molar-refractivity contribution is 6.32. The molecule has 1 heterocycles. The minimum absolute atomic E-state index is 0.104. The molecule has 7 nitrogen and oxygen atoms in total. The average Bonchev–Trinajstić information content (AvgIpc) is 2.37. The highest BCUT2D eigenvalue weighted by Gasteiger charge is 2.24. The van der Waals surface area contributed by atoms with Crippen LogP contribution in [0.3, 0.4) is 0 Å². The van der Waals surface area contributed by atoms with Crippen LogP contribution in [0, 0.1) is 10.1 Å². The van der Waals surface area contributed by atoms with Crippen LogP contribution in [0.5, 0.6) is 0 Å². The molecule has 1 aromatic rings. The summed E-state index contributed by atoms with van der Waals surface area (Å²) in [6.07, 6.45) is 3.38. The first kappa shape index (κ1) is 15.3. The SMILES string of the molecule is O=C(NCCCCCO)c1ccnc(Cl)c1[N+](=O)[O-]. The smallest absolute Gasteiger partial charge is 0.319 e. The molecule has 0 spiro atoms. The zero-order valence-electron chi connectivity index (χ0n) is 10.1. The number of amides is 1. The molecule has 0 aromatic carbocycles. The van der Waals surface area contributed by atoms with Crippen molar-refractivity contribution in [3.8, 4) is 0 Å². The van der Waals surface area contributed by atoms with E-state index in [9.17, 15) is 14.9 Å². The number of nitro groups is 1. The van der Waals surface area contributed by atoms with Crippen LogP contribution in [0.2, 0.25) is 5.15 Å². The third-order valence-corrected chi connectivity index (χ3v) is 2.70. The molecule has 1 amide bonds. The van der Waals surface area contributed by atoms with Gasteiger partial charge < -0.3 is 10.4 Å². The van der Waals surface area contributed by atoms with Gasteiger partial charge in [0.05, 0.1) is 4.92 Å². The molecule has 104 valence electrons. The Balaban J connectivity index is 2.67. The molecule has 1 rings (SSSR count). The van der Waals surface area contributed by atoms with Crippen LogP contribution in [-0.4, -0.2) is 34.1 Å². The monoisotopic (exact) mass is 287 g/mol. The Bertz CT molecular complexity index is 467. The van der Waals surface area contributed by atoms with Crippen molar-refractivity contribution in [2.45, 2.75) is 19.3 Å². The van der Waals surface area contributed by atoms with Gasteiger partial charge in [0, 0.05) is 19.3 Å². The lowest BCUT2D eigenvalue weighted by molar-refractivity contribution is -0.385. The number of nitrogens with one attached hydrogen (secondary N) is 1. The largest absolute Gasteiger partial charge is 0.396 e. The molecule has 0 atom stereocenters. The van der Waals surface area contributed by atoms with Crippen LogP contribution in [-0.2, 0) is 0 Å². The molecule has 0 bridgehead atoms. The third-order valence-electron chi connectivity index (χ3n) is 2.43. The summed E-state index contributed by atoms with van der Waals surface area (Å²) < 4.78 is 0. The summed E-state index contributed by atoms with van der Waals surface area (Å²) in [4.78, 5) is 25.5. The van der Waals surface area contributed by atoms with E-state index in [2.05, 4.69) is 10.3 Å². The molecule has 0 saturated carbocycles. The van der Waals surface area contributed by atoms with Crippen LogP contribution in [0.15, 0.2) is 12.3 Å². The average molecular weight is 288 g/mol. The van der Waals surface area contributed by atoms with E-state index in [1.54, 1.807) is 0 Å². The van der Waals surface area contributed by atoms with Crippen molar-refractivity contribution >= 4 is 23.2 Å². The molecular weight excluding hydrogens is 274 g/mol. The topological polar surface area (TPSA) is 105 Å². The number of hydrogen-bond acceptors (Lipinski definition) is 5. The van der Waals surface area contributed by atoms with Gasteiger partial charge in [-0.1, -0.05) is 11.6 Å². The first-order chi connectivity index (χ1) is 9.07. The summed E-state index contributed by atoms with van der Waals surface area (Å²) in [6, 6.07) is 1.26. The van der Waals surface area contributed by atoms with Gasteiger partial charge in [0.1, 0.15) is 5.56 Å². The first-order valence-electron chi connectivity index (χ1n) is 5.76. The Morgan fingerprint density at radius 3 is 2.84 bits per heavy atom. The minimum Gasteiger partial charge on any atom is -0.396 e. The molecule has 1 aromatic heterocycles. The maximum absolute atomic E-state index is 11.8. The van der Waals surface area contributed by atoms with Crippen molar-refractivity contribution in [3.05, 3.63) is 33.1 Å². The number of carbonyl (C=O) groups is 1. The van der Waals surface area contributed by atoms with Crippen LogP contribution in [0.4, 0.5) is 5.69 Å². The maximum Gasteiger partial charge on any atom is 0.319 e. The molecule has 0 aliphatic rings.